The van der Waals surface area contributed by atoms with Crippen molar-refractivity contribution < 1.29 is 0 Å². The summed E-state index contributed by atoms with van der Waals surface area (Å²) in [6.07, 6.45) is 4.50. The minimum atomic E-state index is 0.296. The van der Waals surface area contributed by atoms with E-state index in [1.807, 2.05) is 16.3 Å². The Bertz CT molecular complexity index is 477. The summed E-state index contributed by atoms with van der Waals surface area (Å²) in [5, 5.41) is 10.9. The fourth-order valence-corrected chi connectivity index (χ4v) is 2.75. The molecule has 0 amide bonds. The second kappa shape index (κ2) is 6.77. The van der Waals surface area contributed by atoms with Gasteiger partial charge in [0.1, 0.15) is 17.2 Å². The third-order valence-corrected chi connectivity index (χ3v) is 3.79. The van der Waals surface area contributed by atoms with Crippen LogP contribution in [0.1, 0.15) is 44.1 Å². The van der Waals surface area contributed by atoms with Crippen LogP contribution in [0.5, 0.6) is 0 Å². The normalized spacial score (nSPS) is 13.1. The molecule has 2 aromatic rings. The highest BCUT2D eigenvalue weighted by atomic mass is 32.1. The smallest absolute Gasteiger partial charge is 0.140 e. The molecule has 0 spiro atoms. The third kappa shape index (κ3) is 3.84. The SMILES string of the molecule is CCC(NCc1ncnn1CC(C)C)c1nccs1. The Morgan fingerprint density at radius 2 is 2.21 bits per heavy atom. The predicted octanol–water partition coefficient (Wildman–Crippen LogP) is 2.63. The van der Waals surface area contributed by atoms with E-state index >= 15 is 0 Å². The van der Waals surface area contributed by atoms with Gasteiger partial charge in [-0.15, -0.1) is 11.3 Å². The molecule has 19 heavy (non-hydrogen) atoms. The van der Waals surface area contributed by atoms with Gasteiger partial charge in [0, 0.05) is 18.1 Å². The molecule has 1 unspecified atom stereocenters. The second-order valence-electron chi connectivity index (χ2n) is 4.96. The van der Waals surface area contributed by atoms with Crippen LogP contribution in [0.4, 0.5) is 0 Å². The van der Waals surface area contributed by atoms with E-state index in [2.05, 4.69) is 41.2 Å². The summed E-state index contributed by atoms with van der Waals surface area (Å²) >= 11 is 1.69. The Kier molecular flexibility index (Phi) is 5.04. The van der Waals surface area contributed by atoms with Crippen molar-refractivity contribution in [1.82, 2.24) is 25.1 Å². The van der Waals surface area contributed by atoms with Gasteiger partial charge in [0.25, 0.3) is 0 Å². The Labute approximate surface area is 118 Å². The Morgan fingerprint density at radius 3 is 2.84 bits per heavy atom. The van der Waals surface area contributed by atoms with Gasteiger partial charge in [0.2, 0.25) is 0 Å². The van der Waals surface area contributed by atoms with E-state index in [1.165, 1.54) is 0 Å². The van der Waals surface area contributed by atoms with Crippen molar-refractivity contribution in [3.63, 3.8) is 0 Å². The van der Waals surface area contributed by atoms with Crippen LogP contribution in [0.3, 0.4) is 0 Å². The standard InChI is InChI=1S/C13H21N5S/c1-4-11(13-14-5-6-19-13)15-7-12-16-9-17-18(12)8-10(2)3/h5-6,9-11,15H,4,7-8H2,1-3H3. The molecular weight excluding hydrogens is 258 g/mol. The number of nitrogens with one attached hydrogen (secondary N) is 1. The minimum Gasteiger partial charge on any atom is -0.301 e. The lowest BCUT2D eigenvalue weighted by Crippen LogP contribution is -2.23. The maximum absolute atomic E-state index is 4.37. The first-order chi connectivity index (χ1) is 9.20. The number of hydrogen-bond acceptors (Lipinski definition) is 5. The molecule has 6 heteroatoms. The van der Waals surface area contributed by atoms with Gasteiger partial charge in [-0.2, -0.15) is 5.10 Å². The number of nitrogens with zero attached hydrogens (tertiary/aromatic N) is 4. The van der Waals surface area contributed by atoms with E-state index in [0.717, 1.165) is 30.3 Å². The molecule has 1 atom stereocenters. The largest absolute Gasteiger partial charge is 0.301 e. The maximum Gasteiger partial charge on any atom is 0.140 e. The van der Waals surface area contributed by atoms with Crippen molar-refractivity contribution >= 4 is 11.3 Å². The molecule has 0 aromatic carbocycles. The topological polar surface area (TPSA) is 55.6 Å². The summed E-state index contributed by atoms with van der Waals surface area (Å²) in [5.41, 5.74) is 0. The lowest BCUT2D eigenvalue weighted by Gasteiger charge is -2.15. The molecule has 0 bridgehead atoms. The molecule has 2 aromatic heterocycles. The molecule has 0 aliphatic rings. The van der Waals surface area contributed by atoms with Gasteiger partial charge >= 0.3 is 0 Å². The molecule has 104 valence electrons. The summed E-state index contributed by atoms with van der Waals surface area (Å²) in [4.78, 5) is 8.70. The fraction of sp³-hybridized carbons (Fsp3) is 0.615. The van der Waals surface area contributed by atoms with Crippen molar-refractivity contribution in [2.45, 2.75) is 46.3 Å². The first-order valence-electron chi connectivity index (χ1n) is 6.70. The summed E-state index contributed by atoms with van der Waals surface area (Å²) in [6, 6.07) is 0.296. The monoisotopic (exact) mass is 279 g/mol. The Morgan fingerprint density at radius 1 is 1.37 bits per heavy atom. The molecule has 0 fully saturated rings. The van der Waals surface area contributed by atoms with Gasteiger partial charge in [-0.25, -0.2) is 14.6 Å². The fourth-order valence-electron chi connectivity index (χ4n) is 1.95. The zero-order chi connectivity index (χ0) is 13.7. The second-order valence-corrected chi connectivity index (χ2v) is 5.89. The maximum atomic E-state index is 4.37. The average Bonchev–Trinajstić information content (AvgIpc) is 3.01. The van der Waals surface area contributed by atoms with Crippen molar-refractivity contribution in [1.29, 1.82) is 0 Å². The molecule has 0 aliphatic heterocycles. The van der Waals surface area contributed by atoms with Crippen LogP contribution in [0.25, 0.3) is 0 Å². The van der Waals surface area contributed by atoms with Crippen molar-refractivity contribution in [2.75, 3.05) is 0 Å². The van der Waals surface area contributed by atoms with Crippen molar-refractivity contribution in [3.8, 4) is 0 Å². The zero-order valence-corrected chi connectivity index (χ0v) is 12.5. The Hall–Kier alpha value is -1.27. The quantitative estimate of drug-likeness (QED) is 0.846. The molecule has 2 rings (SSSR count). The van der Waals surface area contributed by atoms with Crippen LogP contribution < -0.4 is 5.32 Å². The molecular formula is C13H21N5S. The van der Waals surface area contributed by atoms with Crippen molar-refractivity contribution in [3.05, 3.63) is 28.7 Å². The summed E-state index contributed by atoms with van der Waals surface area (Å²) in [5.74, 6) is 1.56. The van der Waals surface area contributed by atoms with Crippen LogP contribution >= 0.6 is 11.3 Å². The number of thiazole rings is 1. The van der Waals surface area contributed by atoms with E-state index < -0.39 is 0 Å². The molecule has 2 heterocycles. The van der Waals surface area contributed by atoms with E-state index in [9.17, 15) is 0 Å². The summed E-state index contributed by atoms with van der Waals surface area (Å²) in [7, 11) is 0. The molecule has 1 N–H and O–H groups in total. The first kappa shape index (κ1) is 14.1. The number of rotatable bonds is 7. The highest BCUT2D eigenvalue weighted by Gasteiger charge is 2.13. The van der Waals surface area contributed by atoms with Crippen LogP contribution in [0.15, 0.2) is 17.9 Å². The van der Waals surface area contributed by atoms with E-state index in [-0.39, 0.29) is 0 Å². The van der Waals surface area contributed by atoms with Gasteiger partial charge in [0.15, 0.2) is 0 Å². The number of hydrogen-bond donors (Lipinski definition) is 1. The highest BCUT2D eigenvalue weighted by molar-refractivity contribution is 7.09. The van der Waals surface area contributed by atoms with Gasteiger partial charge in [-0.3, -0.25) is 0 Å². The van der Waals surface area contributed by atoms with Gasteiger partial charge in [-0.05, 0) is 12.3 Å². The van der Waals surface area contributed by atoms with Crippen LogP contribution in [-0.4, -0.2) is 19.7 Å². The van der Waals surface area contributed by atoms with Crippen LogP contribution in [-0.2, 0) is 13.1 Å². The lowest BCUT2D eigenvalue weighted by molar-refractivity contribution is 0.440. The van der Waals surface area contributed by atoms with Crippen molar-refractivity contribution in [2.24, 2.45) is 5.92 Å². The van der Waals surface area contributed by atoms with Gasteiger partial charge in [0.05, 0.1) is 12.6 Å². The van der Waals surface area contributed by atoms with E-state index in [0.29, 0.717) is 12.0 Å². The molecule has 0 saturated carbocycles. The number of aromatic nitrogens is 4. The Balaban J connectivity index is 1.96. The molecule has 0 aliphatic carbocycles. The van der Waals surface area contributed by atoms with Crippen LogP contribution in [0.2, 0.25) is 0 Å². The third-order valence-electron chi connectivity index (χ3n) is 2.90. The summed E-state index contributed by atoms with van der Waals surface area (Å²) < 4.78 is 1.98. The molecule has 0 saturated heterocycles. The van der Waals surface area contributed by atoms with E-state index in [1.54, 1.807) is 17.7 Å². The van der Waals surface area contributed by atoms with Gasteiger partial charge < -0.3 is 5.32 Å². The minimum absolute atomic E-state index is 0.296. The zero-order valence-electron chi connectivity index (χ0n) is 11.7. The highest BCUT2D eigenvalue weighted by Crippen LogP contribution is 2.19. The van der Waals surface area contributed by atoms with E-state index in [4.69, 9.17) is 0 Å². The lowest BCUT2D eigenvalue weighted by atomic mass is 10.2. The summed E-state index contributed by atoms with van der Waals surface area (Å²) in [6.45, 7) is 8.17. The average molecular weight is 279 g/mol. The molecule has 0 radical (unpaired) electrons. The van der Waals surface area contributed by atoms with Gasteiger partial charge in [-0.1, -0.05) is 20.8 Å². The predicted molar refractivity (Wildman–Crippen MR) is 76.8 cm³/mol. The molecule has 5 nitrogen and oxygen atoms in total. The van der Waals surface area contributed by atoms with Crippen LogP contribution in [0, 0.1) is 5.92 Å². The first-order valence-corrected chi connectivity index (χ1v) is 7.58.